The molecular weight excluding hydrogens is 188 g/mol. The van der Waals surface area contributed by atoms with Crippen LogP contribution in [0.3, 0.4) is 0 Å². The fourth-order valence-electron chi connectivity index (χ4n) is 1.49. The van der Waals surface area contributed by atoms with Crippen molar-refractivity contribution in [2.75, 3.05) is 5.75 Å². The Morgan fingerprint density at radius 3 is 2.62 bits per heavy atom. The molecule has 13 heavy (non-hydrogen) atoms. The molecule has 2 N–H and O–H groups in total. The van der Waals surface area contributed by atoms with Gasteiger partial charge in [0.2, 0.25) is 10.0 Å². The van der Waals surface area contributed by atoms with Gasteiger partial charge in [0.25, 0.3) is 0 Å². The Hall–Kier alpha value is -0.130. The average molecular weight is 206 g/mol. The molecular formula is C8H18N2O2S. The van der Waals surface area contributed by atoms with E-state index in [1.54, 1.807) is 0 Å². The molecule has 1 atom stereocenters. The zero-order chi connectivity index (χ0) is 9.73. The highest BCUT2D eigenvalue weighted by Crippen LogP contribution is 2.09. The van der Waals surface area contributed by atoms with Crippen molar-refractivity contribution < 1.29 is 8.42 Å². The molecule has 1 rings (SSSR count). The van der Waals surface area contributed by atoms with Crippen molar-refractivity contribution in [1.29, 1.82) is 0 Å². The summed E-state index contributed by atoms with van der Waals surface area (Å²) in [6, 6.07) is 0.113. The van der Waals surface area contributed by atoms with Gasteiger partial charge in [0.05, 0.1) is 5.75 Å². The van der Waals surface area contributed by atoms with E-state index in [4.69, 9.17) is 0 Å². The fourth-order valence-corrected chi connectivity index (χ4v) is 2.70. The van der Waals surface area contributed by atoms with Crippen LogP contribution >= 0.6 is 0 Å². The molecule has 0 radical (unpaired) electrons. The summed E-state index contributed by atoms with van der Waals surface area (Å²) in [6.07, 6.45) is 5.73. The molecule has 5 heteroatoms. The highest BCUT2D eigenvalue weighted by Gasteiger charge is 2.25. The molecule has 1 aliphatic heterocycles. The van der Waals surface area contributed by atoms with E-state index in [-0.39, 0.29) is 11.8 Å². The lowest BCUT2D eigenvalue weighted by molar-refractivity contribution is 0.501. The first-order chi connectivity index (χ1) is 6.14. The molecule has 0 aliphatic carbocycles. The predicted octanol–water partition coefficient (Wildman–Crippen LogP) is 0.763. The Morgan fingerprint density at radius 1 is 1.31 bits per heavy atom. The van der Waals surface area contributed by atoms with Gasteiger partial charge in [-0.15, -0.1) is 0 Å². The number of nitrogens with one attached hydrogen (secondary N) is 2. The van der Waals surface area contributed by atoms with Gasteiger partial charge in [0.1, 0.15) is 0 Å². The van der Waals surface area contributed by atoms with E-state index < -0.39 is 10.0 Å². The van der Waals surface area contributed by atoms with E-state index in [2.05, 4.69) is 17.2 Å². The van der Waals surface area contributed by atoms with Crippen molar-refractivity contribution >= 4 is 10.0 Å². The van der Waals surface area contributed by atoms with Gasteiger partial charge in [-0.3, -0.25) is 0 Å². The Bertz CT molecular complexity index is 239. The zero-order valence-corrected chi connectivity index (χ0v) is 8.86. The number of hydrogen-bond acceptors (Lipinski definition) is 3. The summed E-state index contributed by atoms with van der Waals surface area (Å²) in [5.41, 5.74) is 2.79. The van der Waals surface area contributed by atoms with E-state index in [1.807, 2.05) is 0 Å². The number of hydrogen-bond donors (Lipinski definition) is 2. The maximum Gasteiger partial charge on any atom is 0.225 e. The number of sulfonamides is 1. The van der Waals surface area contributed by atoms with Crippen LogP contribution in [0.15, 0.2) is 0 Å². The smallest absolute Gasteiger partial charge is 0.225 e. The molecule has 0 aromatic carbocycles. The van der Waals surface area contributed by atoms with E-state index in [1.165, 1.54) is 19.3 Å². The van der Waals surface area contributed by atoms with Crippen LogP contribution in [0.2, 0.25) is 0 Å². The van der Waals surface area contributed by atoms with Crippen molar-refractivity contribution in [3.63, 3.8) is 0 Å². The van der Waals surface area contributed by atoms with Gasteiger partial charge in [0.15, 0.2) is 0 Å². The molecule has 1 saturated heterocycles. The van der Waals surface area contributed by atoms with Gasteiger partial charge in [-0.2, -0.15) is 4.83 Å². The molecule has 0 saturated carbocycles. The van der Waals surface area contributed by atoms with Crippen LogP contribution in [0.4, 0.5) is 0 Å². The number of rotatable bonds is 5. The molecule has 0 bridgehead atoms. The maximum atomic E-state index is 11.0. The Morgan fingerprint density at radius 2 is 2.08 bits per heavy atom. The second-order valence-electron chi connectivity index (χ2n) is 3.57. The fraction of sp³-hybridized carbons (Fsp3) is 1.00. The lowest BCUT2D eigenvalue weighted by Crippen LogP contribution is -2.31. The van der Waals surface area contributed by atoms with Crippen LogP contribution in [0.5, 0.6) is 0 Å². The second-order valence-corrected chi connectivity index (χ2v) is 5.34. The highest BCUT2D eigenvalue weighted by atomic mass is 32.2. The third-order valence-electron chi connectivity index (χ3n) is 2.25. The summed E-state index contributed by atoms with van der Waals surface area (Å²) >= 11 is 0. The topological polar surface area (TPSA) is 58.2 Å². The molecule has 0 spiro atoms. The maximum absolute atomic E-state index is 11.0. The normalized spacial score (nSPS) is 26.4. The van der Waals surface area contributed by atoms with Crippen LogP contribution in [-0.4, -0.2) is 20.2 Å². The molecule has 0 aromatic rings. The summed E-state index contributed by atoms with van der Waals surface area (Å²) in [6.45, 7) is 2.17. The molecule has 1 aliphatic rings. The van der Waals surface area contributed by atoms with Gasteiger partial charge in [-0.05, 0) is 6.42 Å². The van der Waals surface area contributed by atoms with Crippen molar-refractivity contribution in [3.8, 4) is 0 Å². The first-order valence-corrected chi connectivity index (χ1v) is 6.54. The van der Waals surface area contributed by atoms with Crippen LogP contribution in [0, 0.1) is 0 Å². The average Bonchev–Trinajstić information content (AvgIpc) is 2.40. The molecule has 1 heterocycles. The highest BCUT2D eigenvalue weighted by molar-refractivity contribution is 7.89. The minimum Gasteiger partial charge on any atom is -0.240 e. The molecule has 1 fully saturated rings. The quantitative estimate of drug-likeness (QED) is 0.653. The predicted molar refractivity (Wildman–Crippen MR) is 52.6 cm³/mol. The SMILES string of the molecule is CCCCCCC1CS(=O)(=O)NN1. The van der Waals surface area contributed by atoms with Crippen molar-refractivity contribution in [3.05, 3.63) is 0 Å². The van der Waals surface area contributed by atoms with Crippen molar-refractivity contribution in [2.24, 2.45) is 0 Å². The summed E-state index contributed by atoms with van der Waals surface area (Å²) in [7, 11) is -3.00. The molecule has 4 nitrogen and oxygen atoms in total. The van der Waals surface area contributed by atoms with Crippen molar-refractivity contribution in [2.45, 2.75) is 45.1 Å². The summed E-state index contributed by atoms with van der Waals surface area (Å²) in [5, 5.41) is 0. The number of unbranched alkanes of at least 4 members (excludes halogenated alkanes) is 3. The molecule has 78 valence electrons. The third kappa shape index (κ3) is 4.06. The molecule has 0 amide bonds. The van der Waals surface area contributed by atoms with Crippen LogP contribution in [-0.2, 0) is 10.0 Å². The van der Waals surface area contributed by atoms with E-state index >= 15 is 0 Å². The van der Waals surface area contributed by atoms with E-state index in [0.29, 0.717) is 0 Å². The molecule has 0 aromatic heterocycles. The monoisotopic (exact) mass is 206 g/mol. The first-order valence-electron chi connectivity index (χ1n) is 4.89. The summed E-state index contributed by atoms with van der Waals surface area (Å²) in [5.74, 6) is 0.235. The van der Waals surface area contributed by atoms with Crippen LogP contribution in [0.25, 0.3) is 0 Å². The first kappa shape index (κ1) is 10.9. The van der Waals surface area contributed by atoms with E-state index in [0.717, 1.165) is 12.8 Å². The lowest BCUT2D eigenvalue weighted by Gasteiger charge is -2.05. The zero-order valence-electron chi connectivity index (χ0n) is 8.04. The van der Waals surface area contributed by atoms with Gasteiger partial charge in [-0.25, -0.2) is 13.8 Å². The van der Waals surface area contributed by atoms with Gasteiger partial charge < -0.3 is 0 Å². The lowest BCUT2D eigenvalue weighted by atomic mass is 10.1. The largest absolute Gasteiger partial charge is 0.240 e. The summed E-state index contributed by atoms with van der Waals surface area (Å²) in [4.78, 5) is 2.31. The Kier molecular flexibility index (Phi) is 4.15. The Balaban J connectivity index is 2.11. The summed E-state index contributed by atoms with van der Waals surface area (Å²) < 4.78 is 21.9. The minimum atomic E-state index is -3.00. The standard InChI is InChI=1S/C8H18N2O2S/c1-2-3-4-5-6-8-7-13(11,12)10-9-8/h8-10H,2-7H2,1H3. The van der Waals surface area contributed by atoms with Crippen LogP contribution < -0.4 is 10.3 Å². The third-order valence-corrected chi connectivity index (χ3v) is 3.52. The molecule has 1 unspecified atom stereocenters. The van der Waals surface area contributed by atoms with Gasteiger partial charge in [0, 0.05) is 6.04 Å². The van der Waals surface area contributed by atoms with Gasteiger partial charge in [-0.1, -0.05) is 32.6 Å². The Labute approximate surface area is 80.1 Å². The minimum absolute atomic E-state index is 0.113. The van der Waals surface area contributed by atoms with E-state index in [9.17, 15) is 8.42 Å². The van der Waals surface area contributed by atoms with Crippen LogP contribution in [0.1, 0.15) is 39.0 Å². The van der Waals surface area contributed by atoms with Gasteiger partial charge >= 0.3 is 0 Å². The van der Waals surface area contributed by atoms with Crippen molar-refractivity contribution in [1.82, 2.24) is 10.3 Å². The second kappa shape index (κ2) is 4.93. The number of hydrazine groups is 1.